The number of likely N-dealkylation sites (N-methyl/N-ethyl adjacent to an activating group) is 1. The summed E-state index contributed by atoms with van der Waals surface area (Å²) in [6.45, 7) is 6.82. The summed E-state index contributed by atoms with van der Waals surface area (Å²) < 4.78 is 29.5. The molecule has 2 aliphatic heterocycles. The van der Waals surface area contributed by atoms with Gasteiger partial charge in [-0.3, -0.25) is 14.4 Å². The van der Waals surface area contributed by atoms with Gasteiger partial charge in [-0.05, 0) is 114 Å². The van der Waals surface area contributed by atoms with E-state index in [2.05, 4.69) is 40.2 Å². The molecule has 6 aromatic carbocycles. The molecule has 1 fully saturated rings. The third-order valence-electron chi connectivity index (χ3n) is 16.9. The van der Waals surface area contributed by atoms with Crippen molar-refractivity contribution in [3.05, 3.63) is 161 Å². The molecule has 1 aromatic heterocycles. The number of halogens is 1. The van der Waals surface area contributed by atoms with Crippen molar-refractivity contribution in [1.82, 2.24) is 30.7 Å². The Morgan fingerprint density at radius 1 is 0.733 bits per heavy atom. The molecule has 0 radical (unpaired) electrons. The van der Waals surface area contributed by atoms with Gasteiger partial charge in [0.1, 0.15) is 36.9 Å². The second-order valence-corrected chi connectivity index (χ2v) is 24.0. The number of piperazine rings is 1. The van der Waals surface area contributed by atoms with Crippen molar-refractivity contribution in [1.29, 1.82) is 0 Å². The van der Waals surface area contributed by atoms with Gasteiger partial charge in [-0.1, -0.05) is 111 Å². The van der Waals surface area contributed by atoms with Gasteiger partial charge in [0.15, 0.2) is 11.5 Å². The number of carbonyl (C=O) groups is 7. The summed E-state index contributed by atoms with van der Waals surface area (Å²) in [4.78, 5) is 101. The highest BCUT2D eigenvalue weighted by Gasteiger charge is 2.38. The topological polar surface area (TPSA) is 245 Å². The highest BCUT2D eigenvalue weighted by atomic mass is 35.5. The zero-order valence-electron chi connectivity index (χ0n) is 51.2. The van der Waals surface area contributed by atoms with Crippen molar-refractivity contribution in [3.8, 4) is 22.6 Å². The smallest absolute Gasteiger partial charge is 0.415 e. The minimum absolute atomic E-state index is 0.00568. The molecule has 3 atom stereocenters. The molecule has 10 rings (SSSR count). The molecule has 1 aliphatic carbocycles. The number of Topliss-reactive ketones (excluding diaryl/α,β-unsaturated/α-hetero) is 1. The van der Waals surface area contributed by atoms with Gasteiger partial charge in [-0.2, -0.15) is 0 Å². The lowest BCUT2D eigenvalue weighted by Crippen LogP contribution is -2.51. The summed E-state index contributed by atoms with van der Waals surface area (Å²) in [5, 5.41) is 10.6. The first-order valence-electron chi connectivity index (χ1n) is 30.7. The number of alkyl halides is 1. The number of fused-ring (bicyclic) bond motifs is 7. The first kappa shape index (κ1) is 63.9. The fraction of sp³-hybridized carbons (Fsp3) is 0.377. The highest BCUT2D eigenvalue weighted by molar-refractivity contribution is 6.19. The SMILES string of the molecule is CC(C)[C@H](CCCNC(=O)OCC1c2ccccc2-c2ccccc21)C(=O)N[C@@H](CCCNC(N)=O)C(=O)Cc1ccc(COC(=O)N2CCN(C(=O)Oc3cc4c(c5ccccc35)[C@H](CCl)CN4C(=O)c3cc4cc(OCCN(C)C)ccc4o3)CC2)cc1. The van der Waals surface area contributed by atoms with Crippen LogP contribution in [0.25, 0.3) is 32.9 Å². The van der Waals surface area contributed by atoms with E-state index >= 15 is 0 Å². The van der Waals surface area contributed by atoms with E-state index in [0.29, 0.717) is 72.5 Å². The number of alkyl carbamates (subject to hydrolysis) is 1. The average molecular weight is 1250 g/mol. The van der Waals surface area contributed by atoms with E-state index in [4.69, 9.17) is 40.7 Å². The number of nitrogens with one attached hydrogen (secondary N) is 3. The number of rotatable bonds is 25. The number of carbonyl (C=O) groups excluding carboxylic acids is 7. The highest BCUT2D eigenvalue weighted by Crippen LogP contribution is 2.47. The Morgan fingerprint density at radius 3 is 2.06 bits per heavy atom. The molecule has 90 heavy (non-hydrogen) atoms. The van der Waals surface area contributed by atoms with E-state index in [1.54, 1.807) is 47.4 Å². The normalized spacial score (nSPS) is 15.1. The zero-order valence-corrected chi connectivity index (χ0v) is 51.9. The van der Waals surface area contributed by atoms with Crippen LogP contribution in [0.15, 0.2) is 132 Å². The molecule has 0 bridgehead atoms. The van der Waals surface area contributed by atoms with Crippen LogP contribution in [-0.2, 0) is 32.1 Å². The third-order valence-corrected chi connectivity index (χ3v) is 17.3. The molecule has 1 saturated heterocycles. The van der Waals surface area contributed by atoms with Gasteiger partial charge in [-0.25, -0.2) is 19.2 Å². The Labute approximate surface area is 528 Å². The predicted octanol–water partition coefficient (Wildman–Crippen LogP) is 10.6. The lowest BCUT2D eigenvalue weighted by molar-refractivity contribution is -0.131. The number of primary amides is 1. The van der Waals surface area contributed by atoms with Crippen molar-refractivity contribution in [2.24, 2.45) is 17.6 Å². The largest absolute Gasteiger partial charge is 0.492 e. The van der Waals surface area contributed by atoms with Gasteiger partial charge >= 0.3 is 24.3 Å². The molecular formula is C69H77ClN8O12. The maximum Gasteiger partial charge on any atom is 0.415 e. The van der Waals surface area contributed by atoms with Crippen LogP contribution in [-0.4, -0.2) is 148 Å². The van der Waals surface area contributed by atoms with E-state index in [9.17, 15) is 33.6 Å². The van der Waals surface area contributed by atoms with Crippen LogP contribution in [0.5, 0.6) is 11.5 Å². The Kier molecular flexibility index (Phi) is 20.9. The summed E-state index contributed by atoms with van der Waals surface area (Å²) in [6, 6.07) is 38.2. The van der Waals surface area contributed by atoms with E-state index in [1.807, 2.05) is 93.5 Å². The van der Waals surface area contributed by atoms with E-state index < -0.39 is 36.3 Å². The number of amides is 7. The first-order valence-corrected chi connectivity index (χ1v) is 31.2. The van der Waals surface area contributed by atoms with Crippen molar-refractivity contribution < 1.29 is 56.9 Å². The zero-order chi connectivity index (χ0) is 63.4. The van der Waals surface area contributed by atoms with E-state index in [0.717, 1.165) is 45.1 Å². The standard InChI is InChI=1S/C69H77ClN8O12/c1-43(2)49(19-11-28-73-67(83)87-42-56-52-15-7-5-13-50(52)51-14-6-8-16-53(51)56)64(80)74-57(20-12-27-72-66(71)82)59(79)35-44-21-23-45(24-22-44)41-88-68(84)76-29-31-77(32-30-76)69(85)90-61-38-58-63(55-18-10-9-17-54(55)61)47(39-70)40-78(58)65(81)62-37-46-36-48(25-26-60(46)89-62)86-34-33-75(3)4/h5-10,13-18,21-26,36-38,43,47,49,56-57H,11-12,19-20,27-35,39-42H2,1-4H3,(H,73,83)(H,74,80)(H3,71,72,82)/t47-,49+,57+/m1/s1. The van der Waals surface area contributed by atoms with Crippen LogP contribution >= 0.6 is 11.6 Å². The molecule has 3 aliphatic rings. The number of anilines is 1. The molecule has 472 valence electrons. The molecule has 0 spiro atoms. The fourth-order valence-electron chi connectivity index (χ4n) is 12.1. The summed E-state index contributed by atoms with van der Waals surface area (Å²) in [6.07, 6.45) is -0.103. The average Bonchev–Trinajstić information content (AvgIpc) is 1.82. The van der Waals surface area contributed by atoms with Gasteiger partial charge in [0, 0.05) is 99.3 Å². The fourth-order valence-corrected chi connectivity index (χ4v) is 12.3. The second-order valence-electron chi connectivity index (χ2n) is 23.7. The number of nitrogens with zero attached hydrogens (tertiary/aromatic N) is 4. The van der Waals surface area contributed by atoms with Gasteiger partial charge < -0.3 is 64.6 Å². The number of hydrogen-bond donors (Lipinski definition) is 4. The number of benzene rings is 6. The third kappa shape index (κ3) is 15.3. The molecule has 7 aromatic rings. The lowest BCUT2D eigenvalue weighted by Gasteiger charge is -2.33. The number of urea groups is 1. The molecule has 5 N–H and O–H groups in total. The molecular weight excluding hydrogens is 1170 g/mol. The van der Waals surface area contributed by atoms with Gasteiger partial charge in [0.25, 0.3) is 5.91 Å². The van der Waals surface area contributed by atoms with Crippen molar-refractivity contribution in [3.63, 3.8) is 0 Å². The molecule has 20 nitrogen and oxygen atoms in total. The van der Waals surface area contributed by atoms with Crippen LogP contribution in [0.2, 0.25) is 0 Å². The quantitative estimate of drug-likeness (QED) is 0.0308. The maximum atomic E-state index is 14.3. The van der Waals surface area contributed by atoms with Gasteiger partial charge in [0.2, 0.25) is 5.91 Å². The molecule has 21 heteroatoms. The van der Waals surface area contributed by atoms with Crippen LogP contribution in [0.4, 0.5) is 24.9 Å². The Morgan fingerprint density at radius 2 is 1.38 bits per heavy atom. The summed E-state index contributed by atoms with van der Waals surface area (Å²) in [5.41, 5.74) is 13.2. The van der Waals surface area contributed by atoms with Crippen molar-refractivity contribution in [2.75, 3.05) is 90.4 Å². The minimum atomic E-state index is -0.855. The molecule has 0 unspecified atom stereocenters. The summed E-state index contributed by atoms with van der Waals surface area (Å²) >= 11 is 6.58. The van der Waals surface area contributed by atoms with Gasteiger partial charge in [-0.15, -0.1) is 11.6 Å². The number of furan rings is 1. The minimum Gasteiger partial charge on any atom is -0.492 e. The van der Waals surface area contributed by atoms with Crippen LogP contribution in [0.1, 0.15) is 89.7 Å². The number of ketones is 1. The second kappa shape index (κ2) is 29.5. The number of ether oxygens (including phenoxy) is 4. The first-order chi connectivity index (χ1) is 43.5. The van der Waals surface area contributed by atoms with E-state index in [-0.39, 0.29) is 112 Å². The van der Waals surface area contributed by atoms with Gasteiger partial charge in [0.05, 0.1) is 11.7 Å². The summed E-state index contributed by atoms with van der Waals surface area (Å²) in [7, 11) is 3.95. The summed E-state index contributed by atoms with van der Waals surface area (Å²) in [5.74, 6) is -0.333. The lowest BCUT2D eigenvalue weighted by atomic mass is 9.89. The molecule has 3 heterocycles. The molecule has 0 saturated carbocycles. The molecule has 7 amide bonds. The van der Waals surface area contributed by atoms with Crippen molar-refractivity contribution in [2.45, 2.75) is 70.4 Å². The maximum absolute atomic E-state index is 14.3. The van der Waals surface area contributed by atoms with Crippen LogP contribution in [0, 0.1) is 11.8 Å². The Hall–Kier alpha value is -9.14. The van der Waals surface area contributed by atoms with Crippen LogP contribution < -0.4 is 36.1 Å². The number of hydrogen-bond acceptors (Lipinski definition) is 13. The Balaban J connectivity index is 0.688. The van der Waals surface area contributed by atoms with E-state index in [1.165, 1.54) is 9.80 Å². The van der Waals surface area contributed by atoms with Crippen molar-refractivity contribution >= 4 is 80.9 Å². The Bertz CT molecular complexity index is 3710. The van der Waals surface area contributed by atoms with Crippen LogP contribution in [0.3, 0.4) is 0 Å². The monoisotopic (exact) mass is 1240 g/mol. The predicted molar refractivity (Wildman–Crippen MR) is 343 cm³/mol. The number of nitrogens with two attached hydrogens (primary N) is 1.